The number of aliphatic hydroxyl groups is 1. The van der Waals surface area contributed by atoms with Crippen LogP contribution < -0.4 is 11.2 Å². The molecule has 0 aromatic carbocycles. The average Bonchev–Trinajstić information content (AvgIpc) is 3.09. The summed E-state index contributed by atoms with van der Waals surface area (Å²) in [7, 11) is -4.31. The maximum Gasteiger partial charge on any atom is 0.359 e. The molecule has 2 rings (SSSR count). The monoisotopic (exact) mass is 418 g/mol. The van der Waals surface area contributed by atoms with Crippen molar-refractivity contribution in [1.29, 1.82) is 0 Å². The average molecular weight is 418 g/mol. The molecule has 0 amide bonds. The van der Waals surface area contributed by atoms with Gasteiger partial charge in [0.2, 0.25) is 0 Å². The smallest absolute Gasteiger partial charge is 0.359 e. The van der Waals surface area contributed by atoms with Gasteiger partial charge < -0.3 is 19.7 Å². The van der Waals surface area contributed by atoms with E-state index in [1.165, 1.54) is 13.1 Å². The van der Waals surface area contributed by atoms with E-state index in [0.29, 0.717) is 24.8 Å². The summed E-state index contributed by atoms with van der Waals surface area (Å²) in [6, 6.07) is 0. The van der Waals surface area contributed by atoms with Crippen molar-refractivity contribution < 1.29 is 23.8 Å². The van der Waals surface area contributed by atoms with Crippen molar-refractivity contribution in [2.24, 2.45) is 5.92 Å². The van der Waals surface area contributed by atoms with Gasteiger partial charge in [0.05, 0.1) is 23.4 Å². The minimum Gasteiger partial charge on any atom is -0.378 e. The molecule has 0 bridgehead atoms. The summed E-state index contributed by atoms with van der Waals surface area (Å²) in [6.07, 6.45) is 2.28. The molecule has 1 saturated heterocycles. The van der Waals surface area contributed by atoms with Crippen LogP contribution in [0.25, 0.3) is 0 Å². The minimum absolute atomic E-state index is 0.0753. The standard InChI is InChI=1S/C18H31N2O7P/c1-6-17(4,27-28(24,25)18(5,23)7-2)11(3)13-8-9-14(26-13)12-10-19-16(22)20-15(12)21/h10-11,13-14,23H,6-9H2,1-5H3,(H,24,25)(H2,19,20,21,22). The first-order valence-corrected chi connectivity index (χ1v) is 11.2. The van der Waals surface area contributed by atoms with Crippen molar-refractivity contribution in [2.45, 2.75) is 83.5 Å². The zero-order valence-corrected chi connectivity index (χ0v) is 17.9. The molecule has 9 nitrogen and oxygen atoms in total. The maximum atomic E-state index is 12.7. The van der Waals surface area contributed by atoms with E-state index in [4.69, 9.17) is 9.26 Å². The summed E-state index contributed by atoms with van der Waals surface area (Å²) in [4.78, 5) is 38.2. The van der Waals surface area contributed by atoms with Gasteiger partial charge in [-0.1, -0.05) is 20.8 Å². The third-order valence-corrected chi connectivity index (χ3v) is 8.28. The van der Waals surface area contributed by atoms with Crippen molar-refractivity contribution in [3.8, 4) is 0 Å². The Bertz CT molecular complexity index is 849. The molecule has 0 radical (unpaired) electrons. The molecule has 1 fully saturated rings. The van der Waals surface area contributed by atoms with E-state index >= 15 is 0 Å². The van der Waals surface area contributed by atoms with E-state index in [1.807, 2.05) is 13.8 Å². The Kier molecular flexibility index (Phi) is 6.78. The van der Waals surface area contributed by atoms with Gasteiger partial charge in [0, 0.05) is 12.1 Å². The van der Waals surface area contributed by atoms with Gasteiger partial charge in [0.15, 0.2) is 5.34 Å². The third kappa shape index (κ3) is 4.49. The van der Waals surface area contributed by atoms with Gasteiger partial charge in [0.25, 0.3) is 5.56 Å². The Labute approximate surface area is 164 Å². The highest BCUT2D eigenvalue weighted by Gasteiger charge is 2.50. The normalized spacial score (nSPS) is 27.5. The fourth-order valence-electron chi connectivity index (χ4n) is 3.36. The molecule has 6 unspecified atom stereocenters. The number of ether oxygens (including phenoxy) is 1. The summed E-state index contributed by atoms with van der Waals surface area (Å²) in [5.74, 6) is -0.280. The summed E-state index contributed by atoms with van der Waals surface area (Å²) >= 11 is 0. The number of H-pyrrole nitrogens is 2. The summed E-state index contributed by atoms with van der Waals surface area (Å²) in [5.41, 5.74) is -1.74. The predicted molar refractivity (Wildman–Crippen MR) is 104 cm³/mol. The quantitative estimate of drug-likeness (QED) is 0.475. The van der Waals surface area contributed by atoms with Crippen molar-refractivity contribution >= 4 is 7.60 Å². The molecule has 0 spiro atoms. The SMILES string of the molecule is CCC(C)(OP(=O)(O)C(C)(O)CC)C(C)C1CCC(c2c[nH]c(=O)[nH]c2=O)O1. The van der Waals surface area contributed by atoms with E-state index < -0.39 is 35.9 Å². The van der Waals surface area contributed by atoms with E-state index in [-0.39, 0.29) is 18.4 Å². The van der Waals surface area contributed by atoms with Gasteiger partial charge in [-0.05, 0) is 39.5 Å². The zero-order valence-electron chi connectivity index (χ0n) is 17.0. The molecule has 6 atom stereocenters. The molecule has 4 N–H and O–H groups in total. The van der Waals surface area contributed by atoms with Crippen LogP contribution in [0, 0.1) is 5.92 Å². The van der Waals surface area contributed by atoms with Crippen LogP contribution in [-0.4, -0.2) is 37.0 Å². The Morgan fingerprint density at radius 2 is 1.96 bits per heavy atom. The fraction of sp³-hybridized carbons (Fsp3) is 0.778. The van der Waals surface area contributed by atoms with Crippen LogP contribution in [0.3, 0.4) is 0 Å². The highest BCUT2D eigenvalue weighted by molar-refractivity contribution is 7.54. The van der Waals surface area contributed by atoms with Crippen LogP contribution in [0.4, 0.5) is 0 Å². The molecular weight excluding hydrogens is 387 g/mol. The van der Waals surface area contributed by atoms with Crippen LogP contribution in [0.15, 0.2) is 15.8 Å². The molecule has 0 aliphatic carbocycles. The molecule has 1 aromatic rings. The van der Waals surface area contributed by atoms with Gasteiger partial charge in [-0.2, -0.15) is 0 Å². The molecule has 1 aromatic heterocycles. The van der Waals surface area contributed by atoms with Gasteiger partial charge in [-0.15, -0.1) is 0 Å². The number of aromatic nitrogens is 2. The highest BCUT2D eigenvalue weighted by Crippen LogP contribution is 2.59. The number of nitrogens with one attached hydrogen (secondary N) is 2. The number of aromatic amines is 2. The summed E-state index contributed by atoms with van der Waals surface area (Å²) < 4.78 is 24.4. The fourth-order valence-corrected chi connectivity index (χ4v) is 4.82. The second kappa shape index (κ2) is 8.24. The summed E-state index contributed by atoms with van der Waals surface area (Å²) in [6.45, 7) is 8.35. The molecule has 160 valence electrons. The third-order valence-electron chi connectivity index (χ3n) is 6.08. The number of rotatable bonds is 8. The lowest BCUT2D eigenvalue weighted by Gasteiger charge is -2.41. The molecule has 10 heteroatoms. The lowest BCUT2D eigenvalue weighted by atomic mass is 9.83. The Morgan fingerprint density at radius 3 is 2.50 bits per heavy atom. The van der Waals surface area contributed by atoms with Crippen LogP contribution in [0.5, 0.6) is 0 Å². The maximum absolute atomic E-state index is 12.7. The van der Waals surface area contributed by atoms with E-state index in [1.54, 1.807) is 13.8 Å². The van der Waals surface area contributed by atoms with E-state index in [0.717, 1.165) is 0 Å². The Balaban J connectivity index is 2.19. The molecule has 0 saturated carbocycles. The molecule has 1 aliphatic heterocycles. The first kappa shape index (κ1) is 23.0. The van der Waals surface area contributed by atoms with Gasteiger partial charge in [-0.25, -0.2) is 4.79 Å². The highest BCUT2D eigenvalue weighted by atomic mass is 31.2. The van der Waals surface area contributed by atoms with Crippen LogP contribution in [0.2, 0.25) is 0 Å². The second-order valence-electron chi connectivity index (χ2n) is 7.90. The Morgan fingerprint density at radius 1 is 1.32 bits per heavy atom. The first-order valence-electron chi connectivity index (χ1n) is 9.60. The second-order valence-corrected chi connectivity index (χ2v) is 10.1. The van der Waals surface area contributed by atoms with Gasteiger partial charge >= 0.3 is 13.3 Å². The predicted octanol–water partition coefficient (Wildman–Crippen LogP) is 2.41. The van der Waals surface area contributed by atoms with E-state index in [2.05, 4.69) is 9.97 Å². The molecule has 28 heavy (non-hydrogen) atoms. The van der Waals surface area contributed by atoms with Crippen molar-refractivity contribution in [1.82, 2.24) is 9.97 Å². The Hall–Kier alpha value is -1.25. The molecule has 1 aliphatic rings. The van der Waals surface area contributed by atoms with Gasteiger partial charge in [-0.3, -0.25) is 18.9 Å². The first-order chi connectivity index (χ1) is 12.9. The van der Waals surface area contributed by atoms with Crippen LogP contribution >= 0.6 is 7.60 Å². The largest absolute Gasteiger partial charge is 0.378 e. The lowest BCUT2D eigenvalue weighted by Crippen LogP contribution is -2.43. The van der Waals surface area contributed by atoms with Crippen LogP contribution in [0.1, 0.15) is 72.0 Å². The lowest BCUT2D eigenvalue weighted by molar-refractivity contribution is -0.0745. The van der Waals surface area contributed by atoms with Crippen molar-refractivity contribution in [3.05, 3.63) is 32.6 Å². The molecular formula is C18H31N2O7P. The molecule has 2 heterocycles. The van der Waals surface area contributed by atoms with E-state index in [9.17, 15) is 24.2 Å². The van der Waals surface area contributed by atoms with Crippen molar-refractivity contribution in [3.63, 3.8) is 0 Å². The van der Waals surface area contributed by atoms with Crippen LogP contribution in [-0.2, 0) is 13.8 Å². The van der Waals surface area contributed by atoms with Gasteiger partial charge in [0.1, 0.15) is 0 Å². The number of hydrogen-bond acceptors (Lipinski definition) is 6. The van der Waals surface area contributed by atoms with Crippen molar-refractivity contribution in [2.75, 3.05) is 0 Å². The number of hydrogen-bond donors (Lipinski definition) is 4. The topological polar surface area (TPSA) is 142 Å². The minimum atomic E-state index is -4.31. The summed E-state index contributed by atoms with van der Waals surface area (Å²) in [5, 5.41) is 8.42. The zero-order chi connectivity index (χ0) is 21.3.